The molecule has 0 rings (SSSR count). The topological polar surface area (TPSA) is 24.1 Å². The molecule has 0 aromatic rings. The van der Waals surface area contributed by atoms with Gasteiger partial charge in [-0.2, -0.15) is 0 Å². The first kappa shape index (κ1) is 11.2. The van der Waals surface area contributed by atoms with Gasteiger partial charge in [0.2, 0.25) is 0 Å². The van der Waals surface area contributed by atoms with Gasteiger partial charge >= 0.3 is 0 Å². The highest BCUT2D eigenvalue weighted by Gasteiger charge is 1.98. The van der Waals surface area contributed by atoms with Crippen LogP contribution in [0.25, 0.3) is 0 Å². The summed E-state index contributed by atoms with van der Waals surface area (Å²) in [7, 11) is 3.92. The summed E-state index contributed by atoms with van der Waals surface area (Å²) in [4.78, 5) is 0. The summed E-state index contributed by atoms with van der Waals surface area (Å²) in [5.41, 5.74) is 2.55. The van der Waals surface area contributed by atoms with E-state index in [1.54, 1.807) is 0 Å². The van der Waals surface area contributed by atoms with Gasteiger partial charge in [0.1, 0.15) is 0 Å². The number of hydrogen-bond donors (Lipinski definition) is 2. The monoisotopic (exact) mass is 168 g/mol. The Morgan fingerprint density at radius 2 is 2.00 bits per heavy atom. The summed E-state index contributed by atoms with van der Waals surface area (Å²) in [5.74, 6) is 0. The van der Waals surface area contributed by atoms with Gasteiger partial charge in [-0.25, -0.2) is 0 Å². The molecule has 70 valence electrons. The highest BCUT2D eigenvalue weighted by Crippen LogP contribution is 2.05. The average molecular weight is 168 g/mol. The van der Waals surface area contributed by atoms with E-state index < -0.39 is 0 Å². The van der Waals surface area contributed by atoms with Crippen molar-refractivity contribution in [2.24, 2.45) is 0 Å². The smallest absolute Gasteiger partial charge is 0.0339 e. The summed E-state index contributed by atoms with van der Waals surface area (Å²) in [6, 6.07) is 0. The minimum atomic E-state index is 0.920. The van der Waals surface area contributed by atoms with Crippen molar-refractivity contribution in [3.8, 4) is 0 Å². The first-order chi connectivity index (χ1) is 5.79. The lowest BCUT2D eigenvalue weighted by Gasteiger charge is -2.10. The molecule has 2 N–H and O–H groups in total. The standard InChI is InChI=1S/C10H20N2/c1-5-7-10(12-4)9(6-2)8-11-3/h6-7,11-12H,5,8H2,1-4H3/b9-6-,10-7+. The van der Waals surface area contributed by atoms with Crippen LogP contribution in [-0.2, 0) is 0 Å². The summed E-state index contributed by atoms with van der Waals surface area (Å²) >= 11 is 0. The maximum absolute atomic E-state index is 3.19. The van der Waals surface area contributed by atoms with Crippen molar-refractivity contribution in [3.63, 3.8) is 0 Å². The van der Waals surface area contributed by atoms with Crippen LogP contribution in [0.5, 0.6) is 0 Å². The van der Waals surface area contributed by atoms with Crippen LogP contribution < -0.4 is 10.6 Å². The van der Waals surface area contributed by atoms with Crippen molar-refractivity contribution in [2.45, 2.75) is 20.3 Å². The number of rotatable bonds is 5. The van der Waals surface area contributed by atoms with Crippen molar-refractivity contribution in [1.29, 1.82) is 0 Å². The van der Waals surface area contributed by atoms with E-state index in [9.17, 15) is 0 Å². The third kappa shape index (κ3) is 3.58. The van der Waals surface area contributed by atoms with E-state index >= 15 is 0 Å². The quantitative estimate of drug-likeness (QED) is 0.610. The molecule has 0 aliphatic carbocycles. The second-order valence-electron chi connectivity index (χ2n) is 2.62. The molecule has 0 saturated carbocycles. The van der Waals surface area contributed by atoms with Crippen molar-refractivity contribution in [1.82, 2.24) is 10.6 Å². The molecule has 0 heterocycles. The van der Waals surface area contributed by atoms with Crippen LogP contribution in [0.15, 0.2) is 23.4 Å². The van der Waals surface area contributed by atoms with E-state index in [2.05, 4.69) is 36.6 Å². The molecule has 0 bridgehead atoms. The minimum absolute atomic E-state index is 0.920. The SMILES string of the molecule is C/C=C(CNC)\C(=C/CC)NC. The first-order valence-electron chi connectivity index (χ1n) is 4.48. The third-order valence-corrected chi connectivity index (χ3v) is 1.74. The lowest BCUT2D eigenvalue weighted by molar-refractivity contribution is 0.849. The van der Waals surface area contributed by atoms with Crippen LogP contribution in [0.1, 0.15) is 20.3 Å². The molecule has 0 amide bonds. The highest BCUT2D eigenvalue weighted by molar-refractivity contribution is 5.29. The maximum Gasteiger partial charge on any atom is 0.0339 e. The van der Waals surface area contributed by atoms with E-state index in [1.165, 1.54) is 11.3 Å². The summed E-state index contributed by atoms with van der Waals surface area (Å²) in [5, 5.41) is 6.33. The minimum Gasteiger partial charge on any atom is -0.388 e. The van der Waals surface area contributed by atoms with Crippen LogP contribution in [0.2, 0.25) is 0 Å². The van der Waals surface area contributed by atoms with Gasteiger partial charge in [-0.15, -0.1) is 0 Å². The Kier molecular flexibility index (Phi) is 6.48. The summed E-state index contributed by atoms with van der Waals surface area (Å²) in [6.45, 7) is 5.13. The molecule has 0 aliphatic rings. The molecule has 0 aliphatic heterocycles. The van der Waals surface area contributed by atoms with Gasteiger partial charge < -0.3 is 10.6 Å². The largest absolute Gasteiger partial charge is 0.388 e. The van der Waals surface area contributed by atoms with Crippen LogP contribution in [0.4, 0.5) is 0 Å². The van der Waals surface area contributed by atoms with E-state index in [1.807, 2.05) is 14.1 Å². The van der Waals surface area contributed by atoms with E-state index in [0.29, 0.717) is 0 Å². The van der Waals surface area contributed by atoms with E-state index in [0.717, 1.165) is 13.0 Å². The molecule has 0 atom stereocenters. The molecule has 0 radical (unpaired) electrons. The molecule has 12 heavy (non-hydrogen) atoms. The Hall–Kier alpha value is -0.760. The van der Waals surface area contributed by atoms with Gasteiger partial charge in [0.25, 0.3) is 0 Å². The Bertz CT molecular complexity index is 169. The van der Waals surface area contributed by atoms with Crippen LogP contribution in [0, 0.1) is 0 Å². The Balaban J connectivity index is 4.35. The molecule has 2 nitrogen and oxygen atoms in total. The van der Waals surface area contributed by atoms with Gasteiger partial charge in [0, 0.05) is 19.3 Å². The molecule has 0 saturated heterocycles. The predicted octanol–water partition coefficient (Wildman–Crippen LogP) is 1.67. The van der Waals surface area contributed by atoms with Crippen LogP contribution in [-0.4, -0.2) is 20.6 Å². The fourth-order valence-electron chi connectivity index (χ4n) is 1.14. The number of hydrogen-bond acceptors (Lipinski definition) is 2. The average Bonchev–Trinajstić information content (AvgIpc) is 2.11. The summed E-state index contributed by atoms with van der Waals surface area (Å²) in [6.07, 6.45) is 5.40. The van der Waals surface area contributed by atoms with Crippen molar-refractivity contribution in [3.05, 3.63) is 23.4 Å². The molecular formula is C10H20N2. The highest BCUT2D eigenvalue weighted by atomic mass is 14.9. The Morgan fingerprint density at radius 1 is 1.33 bits per heavy atom. The predicted molar refractivity (Wildman–Crippen MR) is 55.1 cm³/mol. The zero-order chi connectivity index (χ0) is 9.40. The number of nitrogens with one attached hydrogen (secondary N) is 2. The van der Waals surface area contributed by atoms with Crippen LogP contribution >= 0.6 is 0 Å². The van der Waals surface area contributed by atoms with Crippen molar-refractivity contribution < 1.29 is 0 Å². The van der Waals surface area contributed by atoms with Gasteiger partial charge in [0.05, 0.1) is 0 Å². The molecule has 0 fully saturated rings. The second kappa shape index (κ2) is 6.92. The Morgan fingerprint density at radius 3 is 2.33 bits per heavy atom. The normalized spacial score (nSPS) is 13.3. The lowest BCUT2D eigenvalue weighted by Crippen LogP contribution is -2.17. The van der Waals surface area contributed by atoms with Crippen molar-refractivity contribution in [2.75, 3.05) is 20.6 Å². The van der Waals surface area contributed by atoms with E-state index in [4.69, 9.17) is 0 Å². The number of allylic oxidation sites excluding steroid dienone is 2. The van der Waals surface area contributed by atoms with Gasteiger partial charge in [0.15, 0.2) is 0 Å². The summed E-state index contributed by atoms with van der Waals surface area (Å²) < 4.78 is 0. The molecule has 0 spiro atoms. The first-order valence-corrected chi connectivity index (χ1v) is 4.48. The number of likely N-dealkylation sites (N-methyl/N-ethyl adjacent to an activating group) is 2. The van der Waals surface area contributed by atoms with Crippen molar-refractivity contribution >= 4 is 0 Å². The van der Waals surface area contributed by atoms with E-state index in [-0.39, 0.29) is 0 Å². The van der Waals surface area contributed by atoms with Crippen LogP contribution in [0.3, 0.4) is 0 Å². The zero-order valence-electron chi connectivity index (χ0n) is 8.57. The molecule has 2 heteroatoms. The van der Waals surface area contributed by atoms with Gasteiger partial charge in [-0.3, -0.25) is 0 Å². The van der Waals surface area contributed by atoms with Gasteiger partial charge in [-0.05, 0) is 26.0 Å². The molecular weight excluding hydrogens is 148 g/mol. The maximum atomic E-state index is 3.19. The van der Waals surface area contributed by atoms with Gasteiger partial charge in [-0.1, -0.05) is 19.1 Å². The second-order valence-corrected chi connectivity index (χ2v) is 2.62. The third-order valence-electron chi connectivity index (χ3n) is 1.74. The fraction of sp³-hybridized carbons (Fsp3) is 0.600. The molecule has 0 aromatic carbocycles. The fourth-order valence-corrected chi connectivity index (χ4v) is 1.14. The Labute approximate surface area is 75.7 Å². The zero-order valence-corrected chi connectivity index (χ0v) is 8.57. The molecule has 0 unspecified atom stereocenters. The molecule has 0 aromatic heterocycles. The lowest BCUT2D eigenvalue weighted by atomic mass is 10.1.